The van der Waals surface area contributed by atoms with Gasteiger partial charge in [0.1, 0.15) is 5.82 Å². The highest BCUT2D eigenvalue weighted by Gasteiger charge is 2.53. The van der Waals surface area contributed by atoms with E-state index in [0.717, 1.165) is 30.0 Å². The molecule has 4 bridgehead atoms. The minimum atomic E-state index is 0.0166. The second kappa shape index (κ2) is 4.33. The van der Waals surface area contributed by atoms with Gasteiger partial charge >= 0.3 is 0 Å². The van der Waals surface area contributed by atoms with Gasteiger partial charge in [-0.1, -0.05) is 6.92 Å². The molecule has 3 N–H and O–H groups in total. The fourth-order valence-electron chi connectivity index (χ4n) is 5.74. The molecule has 0 saturated heterocycles. The molecule has 0 aliphatic heterocycles. The van der Waals surface area contributed by atoms with Crippen LogP contribution in [0.2, 0.25) is 0 Å². The van der Waals surface area contributed by atoms with Crippen LogP contribution >= 0.6 is 0 Å². The number of aromatic amines is 1. The molecule has 20 heavy (non-hydrogen) atoms. The molecule has 4 aliphatic carbocycles. The lowest BCUT2D eigenvalue weighted by Gasteiger charge is -2.56. The number of rotatable bonds is 3. The van der Waals surface area contributed by atoms with E-state index in [0.29, 0.717) is 5.41 Å². The quantitative estimate of drug-likeness (QED) is 0.886. The molecule has 0 radical (unpaired) electrons. The van der Waals surface area contributed by atoms with Gasteiger partial charge in [-0.25, -0.2) is 4.98 Å². The van der Waals surface area contributed by atoms with E-state index in [1.165, 1.54) is 49.9 Å². The molecular formula is C17H27N3. The van der Waals surface area contributed by atoms with Crippen molar-refractivity contribution in [2.75, 3.05) is 0 Å². The number of hydrogen-bond donors (Lipinski definition) is 2. The van der Waals surface area contributed by atoms with Gasteiger partial charge in [0.25, 0.3) is 0 Å². The molecule has 4 fully saturated rings. The van der Waals surface area contributed by atoms with Crippen molar-refractivity contribution in [1.82, 2.24) is 9.97 Å². The number of imidazole rings is 1. The van der Waals surface area contributed by atoms with Crippen LogP contribution in [-0.4, -0.2) is 9.97 Å². The van der Waals surface area contributed by atoms with Gasteiger partial charge in [0.05, 0.1) is 11.7 Å². The van der Waals surface area contributed by atoms with Crippen LogP contribution in [0.4, 0.5) is 0 Å². The van der Waals surface area contributed by atoms with Crippen molar-refractivity contribution in [1.29, 1.82) is 0 Å². The summed E-state index contributed by atoms with van der Waals surface area (Å²) in [5.41, 5.74) is 9.20. The molecule has 5 rings (SSSR count). The monoisotopic (exact) mass is 273 g/mol. The summed E-state index contributed by atoms with van der Waals surface area (Å²) >= 11 is 0. The molecule has 1 atom stereocenters. The van der Waals surface area contributed by atoms with Crippen molar-refractivity contribution >= 4 is 0 Å². The summed E-state index contributed by atoms with van der Waals surface area (Å²) in [5.74, 6) is 3.91. The van der Waals surface area contributed by atoms with Gasteiger partial charge in [-0.15, -0.1) is 0 Å². The van der Waals surface area contributed by atoms with E-state index in [9.17, 15) is 0 Å². The molecule has 1 aromatic rings. The average molecular weight is 273 g/mol. The summed E-state index contributed by atoms with van der Waals surface area (Å²) < 4.78 is 0. The minimum absolute atomic E-state index is 0.0166. The zero-order valence-corrected chi connectivity index (χ0v) is 12.8. The van der Waals surface area contributed by atoms with Crippen molar-refractivity contribution in [2.24, 2.45) is 23.5 Å². The van der Waals surface area contributed by atoms with E-state index in [4.69, 9.17) is 10.7 Å². The summed E-state index contributed by atoms with van der Waals surface area (Å²) in [4.78, 5) is 8.51. The maximum atomic E-state index is 6.05. The molecule has 3 nitrogen and oxygen atoms in total. The molecule has 4 saturated carbocycles. The van der Waals surface area contributed by atoms with Crippen LogP contribution in [0.3, 0.4) is 0 Å². The second-order valence-electron chi connectivity index (χ2n) is 7.79. The van der Waals surface area contributed by atoms with Crippen molar-refractivity contribution in [3.05, 3.63) is 17.2 Å². The Morgan fingerprint density at radius 2 is 1.75 bits per heavy atom. The zero-order valence-electron chi connectivity index (χ0n) is 12.8. The summed E-state index contributed by atoms with van der Waals surface area (Å²) in [5, 5.41) is 0. The number of nitrogens with zero attached hydrogens (tertiary/aromatic N) is 1. The number of hydrogen-bond acceptors (Lipinski definition) is 2. The number of nitrogens with one attached hydrogen (secondary N) is 1. The Hall–Kier alpha value is -0.830. The van der Waals surface area contributed by atoms with Gasteiger partial charge in [0.15, 0.2) is 0 Å². The molecule has 110 valence electrons. The molecule has 1 heterocycles. The van der Waals surface area contributed by atoms with Crippen molar-refractivity contribution in [3.63, 3.8) is 0 Å². The topological polar surface area (TPSA) is 54.7 Å². The Kier molecular flexibility index (Phi) is 2.79. The molecule has 0 spiro atoms. The Morgan fingerprint density at radius 3 is 2.20 bits per heavy atom. The van der Waals surface area contributed by atoms with Crippen LogP contribution in [-0.2, 0) is 11.8 Å². The lowest BCUT2D eigenvalue weighted by Crippen LogP contribution is -2.49. The predicted molar refractivity (Wildman–Crippen MR) is 80.4 cm³/mol. The van der Waals surface area contributed by atoms with E-state index in [-0.39, 0.29) is 6.04 Å². The first-order valence-electron chi connectivity index (χ1n) is 8.44. The van der Waals surface area contributed by atoms with E-state index >= 15 is 0 Å². The van der Waals surface area contributed by atoms with Crippen molar-refractivity contribution in [3.8, 4) is 0 Å². The first-order valence-corrected chi connectivity index (χ1v) is 8.44. The largest absolute Gasteiger partial charge is 0.344 e. The highest BCUT2D eigenvalue weighted by molar-refractivity contribution is 5.29. The second-order valence-corrected chi connectivity index (χ2v) is 7.79. The number of H-pyrrole nitrogens is 1. The standard InChI is InChI=1S/C17H27N3/c1-3-14-15(20-16(19-14)10(2)18)17-7-11-4-12(8-17)6-13(5-11)9-17/h10-13H,3-9,18H2,1-2H3,(H,19,20). The Labute approximate surface area is 121 Å². The SMILES string of the molecule is CCc1[nH]c(C(C)N)nc1C12CC3CC(CC(C3)C1)C2. The highest BCUT2D eigenvalue weighted by Crippen LogP contribution is 2.60. The van der Waals surface area contributed by atoms with Gasteiger partial charge in [0.2, 0.25) is 0 Å². The van der Waals surface area contributed by atoms with Gasteiger partial charge in [-0.3, -0.25) is 0 Å². The zero-order chi connectivity index (χ0) is 13.9. The van der Waals surface area contributed by atoms with Crippen LogP contribution in [0.25, 0.3) is 0 Å². The van der Waals surface area contributed by atoms with E-state index < -0.39 is 0 Å². The summed E-state index contributed by atoms with van der Waals surface area (Å²) in [6.07, 6.45) is 9.68. The first-order chi connectivity index (χ1) is 9.59. The molecule has 1 aromatic heterocycles. The Bertz CT molecular complexity index is 479. The third-order valence-corrected chi connectivity index (χ3v) is 6.12. The van der Waals surface area contributed by atoms with Crippen molar-refractivity contribution < 1.29 is 0 Å². The molecule has 4 aliphatic rings. The summed E-state index contributed by atoms with van der Waals surface area (Å²) in [6.45, 7) is 4.27. The van der Waals surface area contributed by atoms with Crippen LogP contribution in [0.1, 0.15) is 75.6 Å². The van der Waals surface area contributed by atoms with Gasteiger partial charge < -0.3 is 10.7 Å². The fourth-order valence-corrected chi connectivity index (χ4v) is 5.74. The van der Waals surface area contributed by atoms with E-state index in [1.54, 1.807) is 0 Å². The molecule has 3 heteroatoms. The van der Waals surface area contributed by atoms with Crippen LogP contribution in [0.5, 0.6) is 0 Å². The summed E-state index contributed by atoms with van der Waals surface area (Å²) in [6, 6.07) is 0.0166. The third kappa shape index (κ3) is 1.78. The highest BCUT2D eigenvalue weighted by atomic mass is 15.0. The Balaban J connectivity index is 1.76. The number of nitrogens with two attached hydrogens (primary N) is 1. The lowest BCUT2D eigenvalue weighted by atomic mass is 9.48. The van der Waals surface area contributed by atoms with Crippen molar-refractivity contribution in [2.45, 2.75) is 70.3 Å². The molecule has 0 amide bonds. The lowest BCUT2D eigenvalue weighted by molar-refractivity contribution is -0.00746. The summed E-state index contributed by atoms with van der Waals surface area (Å²) in [7, 11) is 0. The fraction of sp³-hybridized carbons (Fsp3) is 0.824. The number of aromatic nitrogens is 2. The first kappa shape index (κ1) is 12.9. The smallest absolute Gasteiger partial charge is 0.123 e. The maximum absolute atomic E-state index is 6.05. The van der Waals surface area contributed by atoms with Gasteiger partial charge in [-0.2, -0.15) is 0 Å². The maximum Gasteiger partial charge on any atom is 0.123 e. The third-order valence-electron chi connectivity index (χ3n) is 6.12. The predicted octanol–water partition coefficient (Wildman–Crippen LogP) is 3.46. The molecule has 1 unspecified atom stereocenters. The van der Waals surface area contributed by atoms with E-state index in [1.807, 2.05) is 6.92 Å². The van der Waals surface area contributed by atoms with Gasteiger partial charge in [-0.05, 0) is 69.6 Å². The average Bonchev–Trinajstić information content (AvgIpc) is 2.82. The van der Waals surface area contributed by atoms with Crippen LogP contribution in [0.15, 0.2) is 0 Å². The van der Waals surface area contributed by atoms with Gasteiger partial charge in [0, 0.05) is 11.1 Å². The van der Waals surface area contributed by atoms with E-state index in [2.05, 4.69) is 11.9 Å². The van der Waals surface area contributed by atoms with Crippen LogP contribution < -0.4 is 5.73 Å². The number of aryl methyl sites for hydroxylation is 1. The van der Waals surface area contributed by atoms with Crippen LogP contribution in [0, 0.1) is 17.8 Å². The Morgan fingerprint density at radius 1 is 1.20 bits per heavy atom. The molecule has 0 aromatic carbocycles. The minimum Gasteiger partial charge on any atom is -0.344 e. The molecular weight excluding hydrogens is 246 g/mol. The normalized spacial score (nSPS) is 40.2.